The molecule has 1 atom stereocenters. The van der Waals surface area contributed by atoms with Crippen LogP contribution in [-0.4, -0.2) is 23.0 Å². The third kappa shape index (κ3) is 3.91. The predicted molar refractivity (Wildman–Crippen MR) is 80.9 cm³/mol. The minimum atomic E-state index is -0.707. The number of rotatable bonds is 4. The summed E-state index contributed by atoms with van der Waals surface area (Å²) in [7, 11) is 0. The highest BCUT2D eigenvalue weighted by atomic mass is 79.9. The Morgan fingerprint density at radius 1 is 1.33 bits per heavy atom. The van der Waals surface area contributed by atoms with Gasteiger partial charge in [-0.2, -0.15) is 0 Å². The van der Waals surface area contributed by atoms with Crippen molar-refractivity contribution in [3.05, 3.63) is 46.1 Å². The van der Waals surface area contributed by atoms with Gasteiger partial charge in [0.2, 0.25) is 5.91 Å². The molecule has 2 amide bonds. The number of benzene rings is 1. The molecule has 0 saturated carbocycles. The van der Waals surface area contributed by atoms with Gasteiger partial charge in [0.15, 0.2) is 5.82 Å². The predicted octanol–water partition coefficient (Wildman–Crippen LogP) is 2.50. The van der Waals surface area contributed by atoms with Gasteiger partial charge in [0, 0.05) is 10.5 Å². The molecule has 0 radical (unpaired) electrons. The van der Waals surface area contributed by atoms with Crippen LogP contribution in [0.5, 0.6) is 0 Å². The van der Waals surface area contributed by atoms with E-state index in [0.717, 1.165) is 0 Å². The fraction of sp³-hybridized carbons (Fsp3) is 0.214. The molecule has 2 rings (SSSR count). The van der Waals surface area contributed by atoms with E-state index in [2.05, 4.69) is 31.7 Å². The molecule has 6 nitrogen and oxygen atoms in total. The van der Waals surface area contributed by atoms with Crippen molar-refractivity contribution < 1.29 is 14.1 Å². The molecular formula is C14H14BrN3O3. The van der Waals surface area contributed by atoms with E-state index in [0.29, 0.717) is 21.6 Å². The fourth-order valence-corrected chi connectivity index (χ4v) is 2.11. The highest BCUT2D eigenvalue weighted by molar-refractivity contribution is 9.10. The molecule has 0 aliphatic heterocycles. The number of anilines is 1. The number of carbonyl (C=O) groups is 2. The first-order chi connectivity index (χ1) is 9.97. The smallest absolute Gasteiger partial charge is 0.253 e. The molecule has 0 unspecified atom stereocenters. The average Bonchev–Trinajstić information content (AvgIpc) is 2.84. The molecule has 2 aromatic rings. The van der Waals surface area contributed by atoms with Gasteiger partial charge in [0.1, 0.15) is 11.8 Å². The number of nitrogens with one attached hydrogen (secondary N) is 2. The first-order valence-corrected chi connectivity index (χ1v) is 7.06. The molecular weight excluding hydrogens is 338 g/mol. The summed E-state index contributed by atoms with van der Waals surface area (Å²) in [5.41, 5.74) is 0.467. The van der Waals surface area contributed by atoms with E-state index in [1.54, 1.807) is 38.1 Å². The van der Waals surface area contributed by atoms with E-state index in [1.807, 2.05) is 6.07 Å². The summed E-state index contributed by atoms with van der Waals surface area (Å²) in [6, 6.07) is 7.89. The van der Waals surface area contributed by atoms with E-state index >= 15 is 0 Å². The average molecular weight is 352 g/mol. The van der Waals surface area contributed by atoms with Crippen LogP contribution in [0.25, 0.3) is 0 Å². The first kappa shape index (κ1) is 15.2. The molecule has 110 valence electrons. The summed E-state index contributed by atoms with van der Waals surface area (Å²) in [5, 5.41) is 8.85. The van der Waals surface area contributed by atoms with Crippen LogP contribution >= 0.6 is 15.9 Å². The number of hydrogen-bond donors (Lipinski definition) is 2. The van der Waals surface area contributed by atoms with Gasteiger partial charge >= 0.3 is 0 Å². The molecule has 7 heteroatoms. The Hall–Kier alpha value is -2.15. The van der Waals surface area contributed by atoms with E-state index in [-0.39, 0.29) is 11.8 Å². The normalized spacial score (nSPS) is 11.8. The zero-order valence-corrected chi connectivity index (χ0v) is 13.1. The van der Waals surface area contributed by atoms with Gasteiger partial charge in [-0.3, -0.25) is 9.59 Å². The number of carbonyl (C=O) groups excluding carboxylic acids is 2. The van der Waals surface area contributed by atoms with E-state index in [4.69, 9.17) is 4.52 Å². The summed E-state index contributed by atoms with van der Waals surface area (Å²) in [6.07, 6.45) is 0. The summed E-state index contributed by atoms with van der Waals surface area (Å²) in [4.78, 5) is 24.0. The van der Waals surface area contributed by atoms with Crippen molar-refractivity contribution >= 4 is 33.6 Å². The van der Waals surface area contributed by atoms with Crippen LogP contribution in [0.1, 0.15) is 23.0 Å². The van der Waals surface area contributed by atoms with Crippen molar-refractivity contribution in [2.45, 2.75) is 19.9 Å². The van der Waals surface area contributed by atoms with Crippen LogP contribution in [0.2, 0.25) is 0 Å². The molecule has 1 heterocycles. The minimum Gasteiger partial charge on any atom is -0.360 e. The van der Waals surface area contributed by atoms with Gasteiger partial charge in [-0.25, -0.2) is 0 Å². The van der Waals surface area contributed by atoms with Crippen LogP contribution in [0, 0.1) is 6.92 Å². The lowest BCUT2D eigenvalue weighted by Crippen LogP contribution is -2.41. The molecule has 1 aromatic heterocycles. The van der Waals surface area contributed by atoms with Gasteiger partial charge in [-0.1, -0.05) is 17.3 Å². The molecule has 0 spiro atoms. The molecule has 0 saturated heterocycles. The second-order valence-electron chi connectivity index (χ2n) is 4.49. The molecule has 0 bridgehead atoms. The van der Waals surface area contributed by atoms with Crippen LogP contribution in [-0.2, 0) is 4.79 Å². The molecule has 0 aliphatic rings. The maximum atomic E-state index is 12.1. The van der Waals surface area contributed by atoms with Gasteiger partial charge in [-0.15, -0.1) is 0 Å². The zero-order valence-electron chi connectivity index (χ0n) is 11.5. The number of aryl methyl sites for hydroxylation is 1. The number of hydrogen-bond acceptors (Lipinski definition) is 4. The number of aromatic nitrogens is 1. The van der Waals surface area contributed by atoms with Crippen LogP contribution in [0.4, 0.5) is 5.82 Å². The molecule has 0 aliphatic carbocycles. The Morgan fingerprint density at radius 2 is 2.05 bits per heavy atom. The molecule has 21 heavy (non-hydrogen) atoms. The first-order valence-electron chi connectivity index (χ1n) is 6.27. The van der Waals surface area contributed by atoms with Crippen LogP contribution in [0.3, 0.4) is 0 Å². The Balaban J connectivity index is 1.97. The van der Waals surface area contributed by atoms with Crippen molar-refractivity contribution in [3.63, 3.8) is 0 Å². The highest BCUT2D eigenvalue weighted by Crippen LogP contribution is 2.15. The lowest BCUT2D eigenvalue weighted by molar-refractivity contribution is -0.117. The lowest BCUT2D eigenvalue weighted by atomic mass is 10.2. The number of halogens is 1. The number of nitrogens with zero attached hydrogens (tertiary/aromatic N) is 1. The molecule has 2 N–H and O–H groups in total. The lowest BCUT2D eigenvalue weighted by Gasteiger charge is -2.13. The topological polar surface area (TPSA) is 84.2 Å². The van der Waals surface area contributed by atoms with Gasteiger partial charge in [-0.05, 0) is 41.9 Å². The van der Waals surface area contributed by atoms with Crippen molar-refractivity contribution in [3.8, 4) is 0 Å². The quantitative estimate of drug-likeness (QED) is 0.886. The van der Waals surface area contributed by atoms with Crippen LogP contribution in [0.15, 0.2) is 39.3 Å². The van der Waals surface area contributed by atoms with Crippen molar-refractivity contribution in [2.24, 2.45) is 0 Å². The second kappa shape index (κ2) is 6.53. The summed E-state index contributed by atoms with van der Waals surface area (Å²) in [5.74, 6) is 0.208. The summed E-state index contributed by atoms with van der Waals surface area (Å²) < 4.78 is 5.52. The van der Waals surface area contributed by atoms with Crippen molar-refractivity contribution in [1.29, 1.82) is 0 Å². The van der Waals surface area contributed by atoms with E-state index in [9.17, 15) is 9.59 Å². The van der Waals surface area contributed by atoms with Crippen LogP contribution < -0.4 is 10.6 Å². The zero-order chi connectivity index (χ0) is 15.4. The summed E-state index contributed by atoms with van der Waals surface area (Å²) >= 11 is 3.30. The largest absolute Gasteiger partial charge is 0.360 e. The van der Waals surface area contributed by atoms with Gasteiger partial charge in [0.05, 0.1) is 5.56 Å². The maximum absolute atomic E-state index is 12.1. The Bertz CT molecular complexity index is 669. The standard InChI is InChI=1S/C14H14BrN3O3/c1-8-7-12(18-21-8)17-13(19)9(2)16-14(20)10-5-3-4-6-11(10)15/h3-7,9H,1-2H3,(H,16,20)(H,17,18,19)/t9-/m1/s1. The van der Waals surface area contributed by atoms with Crippen molar-refractivity contribution in [1.82, 2.24) is 10.5 Å². The fourth-order valence-electron chi connectivity index (χ4n) is 1.65. The maximum Gasteiger partial charge on any atom is 0.253 e. The third-order valence-corrected chi connectivity index (χ3v) is 3.43. The third-order valence-electron chi connectivity index (χ3n) is 2.74. The van der Waals surface area contributed by atoms with Gasteiger partial charge < -0.3 is 15.2 Å². The Kier molecular flexibility index (Phi) is 4.74. The highest BCUT2D eigenvalue weighted by Gasteiger charge is 2.18. The molecule has 1 aromatic carbocycles. The van der Waals surface area contributed by atoms with E-state index < -0.39 is 6.04 Å². The van der Waals surface area contributed by atoms with Gasteiger partial charge in [0.25, 0.3) is 5.91 Å². The summed E-state index contributed by atoms with van der Waals surface area (Å²) in [6.45, 7) is 3.32. The van der Waals surface area contributed by atoms with E-state index in [1.165, 1.54) is 0 Å². The van der Waals surface area contributed by atoms with Crippen molar-refractivity contribution in [2.75, 3.05) is 5.32 Å². The Morgan fingerprint density at radius 3 is 2.67 bits per heavy atom. The second-order valence-corrected chi connectivity index (χ2v) is 5.34. The molecule has 0 fully saturated rings. The SMILES string of the molecule is Cc1cc(NC(=O)[C@@H](C)NC(=O)c2ccccc2Br)no1. The minimum absolute atomic E-state index is 0.319. The number of amides is 2. The monoisotopic (exact) mass is 351 g/mol. The Labute approximate surface area is 130 Å².